The second-order valence-electron chi connectivity index (χ2n) is 11.3. The van der Waals surface area contributed by atoms with Crippen molar-refractivity contribution in [2.45, 2.75) is 0 Å². The van der Waals surface area contributed by atoms with Gasteiger partial charge in [0.25, 0.3) is 0 Å². The number of nitrogens with zero attached hydrogens (tertiary/aromatic N) is 4. The molecule has 46 heavy (non-hydrogen) atoms. The van der Waals surface area contributed by atoms with Crippen molar-refractivity contribution in [3.05, 3.63) is 158 Å². The first-order chi connectivity index (χ1) is 22.8. The molecule has 3 heterocycles. The van der Waals surface area contributed by atoms with E-state index in [1.165, 1.54) is 0 Å². The van der Waals surface area contributed by atoms with Crippen molar-refractivity contribution in [3.63, 3.8) is 0 Å². The van der Waals surface area contributed by atoms with Crippen molar-refractivity contribution in [1.82, 2.24) is 19.5 Å². The van der Waals surface area contributed by atoms with E-state index in [-0.39, 0.29) is 0 Å². The lowest BCUT2D eigenvalue weighted by atomic mass is 10.0. The summed E-state index contributed by atoms with van der Waals surface area (Å²) in [6.07, 6.45) is 0. The van der Waals surface area contributed by atoms with Crippen LogP contribution in [0.1, 0.15) is 0 Å². The van der Waals surface area contributed by atoms with Crippen LogP contribution in [0.4, 0.5) is 0 Å². The van der Waals surface area contributed by atoms with Crippen molar-refractivity contribution in [2.24, 2.45) is 0 Å². The zero-order valence-corrected chi connectivity index (χ0v) is 24.7. The predicted octanol–water partition coefficient (Wildman–Crippen LogP) is 10.4. The molecule has 3 aromatic heterocycles. The smallest absolute Gasteiger partial charge is 0.227 e. The van der Waals surface area contributed by atoms with Gasteiger partial charge < -0.3 is 4.42 Å². The molecule has 0 aliphatic heterocycles. The Hall–Kier alpha value is -6.33. The minimum absolute atomic E-state index is 0.601. The lowest BCUT2D eigenvalue weighted by Crippen LogP contribution is -2.02. The molecular formula is C41H26N4O. The Morgan fingerprint density at radius 3 is 1.74 bits per heavy atom. The fraction of sp³-hybridized carbons (Fsp3) is 0. The lowest BCUT2D eigenvalue weighted by Gasteiger charge is -2.12. The molecule has 0 atom stereocenters. The second kappa shape index (κ2) is 10.7. The van der Waals surface area contributed by atoms with Gasteiger partial charge >= 0.3 is 0 Å². The Kier molecular flexibility index (Phi) is 6.06. The molecule has 0 fully saturated rings. The van der Waals surface area contributed by atoms with Gasteiger partial charge in [-0.25, -0.2) is 15.0 Å². The van der Waals surface area contributed by atoms with Gasteiger partial charge in [-0.1, -0.05) is 115 Å². The normalized spacial score (nSPS) is 11.5. The van der Waals surface area contributed by atoms with Gasteiger partial charge in [-0.05, 0) is 47.5 Å². The summed E-state index contributed by atoms with van der Waals surface area (Å²) in [5.74, 6) is 2.05. The van der Waals surface area contributed by atoms with Gasteiger partial charge in [0.1, 0.15) is 11.3 Å². The molecule has 0 saturated carbocycles. The van der Waals surface area contributed by atoms with Gasteiger partial charge in [0.05, 0.1) is 16.7 Å². The van der Waals surface area contributed by atoms with Crippen LogP contribution < -0.4 is 0 Å². The first-order valence-corrected chi connectivity index (χ1v) is 15.3. The molecule has 216 valence electrons. The van der Waals surface area contributed by atoms with Crippen LogP contribution in [-0.4, -0.2) is 19.5 Å². The highest BCUT2D eigenvalue weighted by Gasteiger charge is 2.20. The van der Waals surface area contributed by atoms with Gasteiger partial charge in [0, 0.05) is 33.5 Å². The van der Waals surface area contributed by atoms with Gasteiger partial charge in [-0.2, -0.15) is 0 Å². The highest BCUT2D eigenvalue weighted by molar-refractivity contribution is 6.13. The molecule has 0 radical (unpaired) electrons. The molecule has 6 aromatic carbocycles. The van der Waals surface area contributed by atoms with Crippen molar-refractivity contribution in [2.75, 3.05) is 0 Å². The van der Waals surface area contributed by atoms with Crippen LogP contribution in [0.2, 0.25) is 0 Å². The molecule has 0 unspecified atom stereocenters. The first kappa shape index (κ1) is 26.1. The van der Waals surface area contributed by atoms with Crippen molar-refractivity contribution in [1.29, 1.82) is 0 Å². The second-order valence-corrected chi connectivity index (χ2v) is 11.3. The number of oxazole rings is 1. The summed E-state index contributed by atoms with van der Waals surface area (Å²) in [5.41, 5.74) is 9.67. The van der Waals surface area contributed by atoms with Crippen LogP contribution >= 0.6 is 0 Å². The van der Waals surface area contributed by atoms with Gasteiger partial charge in [0.15, 0.2) is 11.4 Å². The Balaban J connectivity index is 1.35. The molecule has 0 aliphatic rings. The maximum atomic E-state index is 6.35. The number of benzene rings is 6. The minimum atomic E-state index is 0.601. The van der Waals surface area contributed by atoms with E-state index in [0.717, 1.165) is 72.2 Å². The SMILES string of the molecule is c1ccc(-c2ccc3c(c2)c2cc4oc(-c5ccccc5)nc4cc2n3-c2cc(-c3ccccc3)nc(-c3ccccc3)n2)cc1. The number of rotatable bonds is 5. The summed E-state index contributed by atoms with van der Waals surface area (Å²) >= 11 is 0. The summed E-state index contributed by atoms with van der Waals surface area (Å²) < 4.78 is 8.58. The molecule has 0 spiro atoms. The van der Waals surface area contributed by atoms with Crippen LogP contribution in [0.3, 0.4) is 0 Å². The first-order valence-electron chi connectivity index (χ1n) is 15.3. The molecule has 0 saturated heterocycles. The summed E-state index contributed by atoms with van der Waals surface area (Å²) in [4.78, 5) is 15.1. The third-order valence-electron chi connectivity index (χ3n) is 8.45. The van der Waals surface area contributed by atoms with Gasteiger partial charge in [-0.15, -0.1) is 0 Å². The van der Waals surface area contributed by atoms with Crippen molar-refractivity contribution in [3.8, 4) is 51.0 Å². The summed E-state index contributed by atoms with van der Waals surface area (Å²) in [5, 5.41) is 2.18. The van der Waals surface area contributed by atoms with Crippen LogP contribution in [0.5, 0.6) is 0 Å². The zero-order chi connectivity index (χ0) is 30.5. The highest BCUT2D eigenvalue weighted by Crippen LogP contribution is 2.38. The Morgan fingerprint density at radius 1 is 0.435 bits per heavy atom. The van der Waals surface area contributed by atoms with E-state index in [0.29, 0.717) is 11.7 Å². The number of aromatic nitrogens is 4. The van der Waals surface area contributed by atoms with Crippen LogP contribution in [0.25, 0.3) is 83.9 Å². The quantitative estimate of drug-likeness (QED) is 0.200. The monoisotopic (exact) mass is 590 g/mol. The fourth-order valence-electron chi connectivity index (χ4n) is 6.22. The standard InChI is InChI=1S/C41H26N4O/c1-5-13-27(14-6-1)31-21-22-36-32(23-31)33-24-38-35(43-41(46-38)30-19-11-4-12-20-30)25-37(33)45(36)39-26-34(28-15-7-2-8-16-28)42-40(44-39)29-17-9-3-10-18-29/h1-26H. The summed E-state index contributed by atoms with van der Waals surface area (Å²) in [6.45, 7) is 0. The number of hydrogen-bond donors (Lipinski definition) is 0. The van der Waals surface area contributed by atoms with Crippen LogP contribution in [0.15, 0.2) is 162 Å². The largest absolute Gasteiger partial charge is 0.436 e. The number of fused-ring (bicyclic) bond motifs is 4. The third kappa shape index (κ3) is 4.45. The molecule has 0 amide bonds. The average molecular weight is 591 g/mol. The lowest BCUT2D eigenvalue weighted by molar-refractivity contribution is 0.620. The summed E-state index contributed by atoms with van der Waals surface area (Å²) in [6, 6.07) is 53.9. The minimum Gasteiger partial charge on any atom is -0.436 e. The molecule has 0 N–H and O–H groups in total. The van der Waals surface area contributed by atoms with E-state index in [4.69, 9.17) is 19.4 Å². The molecule has 0 aliphatic carbocycles. The van der Waals surface area contributed by atoms with E-state index in [2.05, 4.69) is 89.5 Å². The van der Waals surface area contributed by atoms with Crippen LogP contribution in [-0.2, 0) is 0 Å². The Bertz CT molecular complexity index is 2440. The van der Waals surface area contributed by atoms with E-state index < -0.39 is 0 Å². The van der Waals surface area contributed by atoms with E-state index in [9.17, 15) is 0 Å². The maximum absolute atomic E-state index is 6.35. The highest BCUT2D eigenvalue weighted by atomic mass is 16.3. The maximum Gasteiger partial charge on any atom is 0.227 e. The van der Waals surface area contributed by atoms with Crippen LogP contribution in [0, 0.1) is 0 Å². The van der Waals surface area contributed by atoms with E-state index in [1.807, 2.05) is 72.8 Å². The van der Waals surface area contributed by atoms with E-state index in [1.54, 1.807) is 0 Å². The average Bonchev–Trinajstić information content (AvgIpc) is 3.70. The van der Waals surface area contributed by atoms with Crippen molar-refractivity contribution < 1.29 is 4.42 Å². The Morgan fingerprint density at radius 2 is 1.04 bits per heavy atom. The van der Waals surface area contributed by atoms with Gasteiger partial charge in [-0.3, -0.25) is 4.57 Å². The van der Waals surface area contributed by atoms with Crippen molar-refractivity contribution >= 4 is 32.9 Å². The number of hydrogen-bond acceptors (Lipinski definition) is 4. The molecular weight excluding hydrogens is 564 g/mol. The molecule has 5 nitrogen and oxygen atoms in total. The van der Waals surface area contributed by atoms with E-state index >= 15 is 0 Å². The molecule has 5 heteroatoms. The molecule has 9 aromatic rings. The third-order valence-corrected chi connectivity index (χ3v) is 8.45. The fourth-order valence-corrected chi connectivity index (χ4v) is 6.22. The Labute approximate surface area is 265 Å². The van der Waals surface area contributed by atoms with Gasteiger partial charge in [0.2, 0.25) is 5.89 Å². The topological polar surface area (TPSA) is 56.7 Å². The molecule has 0 bridgehead atoms. The zero-order valence-electron chi connectivity index (χ0n) is 24.7. The molecule has 9 rings (SSSR count). The summed E-state index contributed by atoms with van der Waals surface area (Å²) in [7, 11) is 0. The predicted molar refractivity (Wildman–Crippen MR) is 186 cm³/mol.